The molecule has 2 unspecified atom stereocenters. The quantitative estimate of drug-likeness (QED) is 0.703. The third kappa shape index (κ3) is 3.75. The summed E-state index contributed by atoms with van der Waals surface area (Å²) in [6.07, 6.45) is -4.14. The zero-order valence-corrected chi connectivity index (χ0v) is 17.6. The van der Waals surface area contributed by atoms with E-state index in [1.165, 1.54) is 6.92 Å². The van der Waals surface area contributed by atoms with Crippen LogP contribution in [-0.2, 0) is 4.79 Å². The summed E-state index contributed by atoms with van der Waals surface area (Å²) in [4.78, 5) is 27.7. The molecule has 2 aliphatic rings. The first-order valence-corrected chi connectivity index (χ1v) is 10.2. The summed E-state index contributed by atoms with van der Waals surface area (Å²) in [5.74, 6) is -1.93. The van der Waals surface area contributed by atoms with Crippen molar-refractivity contribution in [2.24, 2.45) is 0 Å². The minimum absolute atomic E-state index is 0.0324. The zero-order valence-electron chi connectivity index (χ0n) is 17.6. The average molecular weight is 431 g/mol. The molecule has 0 spiro atoms. The Morgan fingerprint density at radius 1 is 1.10 bits per heavy atom. The summed E-state index contributed by atoms with van der Waals surface area (Å²) < 4.78 is 38.4. The molecule has 1 saturated heterocycles. The van der Waals surface area contributed by atoms with Gasteiger partial charge < -0.3 is 15.1 Å². The number of fused-ring (bicyclic) bond motifs is 5. The van der Waals surface area contributed by atoms with E-state index >= 15 is 0 Å². The van der Waals surface area contributed by atoms with Gasteiger partial charge in [0.2, 0.25) is 0 Å². The van der Waals surface area contributed by atoms with E-state index in [0.717, 1.165) is 28.2 Å². The first-order valence-electron chi connectivity index (χ1n) is 10.2. The molecule has 0 aromatic heterocycles. The number of carbonyl (C=O) groups excluding carboxylic acids is 2. The van der Waals surface area contributed by atoms with Crippen LogP contribution in [0, 0.1) is 6.92 Å². The lowest BCUT2D eigenvalue weighted by Crippen LogP contribution is -2.49. The molecule has 2 atom stereocenters. The molecule has 1 fully saturated rings. The van der Waals surface area contributed by atoms with E-state index in [4.69, 9.17) is 0 Å². The molecule has 0 saturated carbocycles. The Morgan fingerprint density at radius 3 is 2.52 bits per heavy atom. The number of hydrogen-bond acceptors (Lipinski definition) is 4. The number of aryl methyl sites for hydroxylation is 1. The smallest absolute Gasteiger partial charge is 0.363 e. The van der Waals surface area contributed by atoms with Crippen LogP contribution in [0.1, 0.15) is 47.3 Å². The topological polar surface area (TPSA) is 52.7 Å². The lowest BCUT2D eigenvalue weighted by atomic mass is 9.88. The molecule has 2 aromatic rings. The highest BCUT2D eigenvalue weighted by Gasteiger charge is 2.42. The summed E-state index contributed by atoms with van der Waals surface area (Å²) >= 11 is 0. The van der Waals surface area contributed by atoms with Crippen molar-refractivity contribution in [1.82, 2.24) is 5.32 Å². The number of benzene rings is 2. The van der Waals surface area contributed by atoms with Crippen LogP contribution in [-0.4, -0.2) is 37.5 Å². The van der Waals surface area contributed by atoms with Crippen molar-refractivity contribution in [3.05, 3.63) is 53.1 Å². The van der Waals surface area contributed by atoms with Crippen LogP contribution in [0.2, 0.25) is 0 Å². The Bertz CT molecular complexity index is 1050. The van der Waals surface area contributed by atoms with Gasteiger partial charge in [-0.2, -0.15) is 13.2 Å². The highest BCUT2D eigenvalue weighted by Crippen LogP contribution is 2.49. The standard InChI is InChI=1S/C23H24F3N3O2/c1-13-5-4-6-18-21(13)20-12-16(27-22(31)23(24,25)26)9-10-29(20)17-8-7-15(14(2)30)11-19(17)28(18)3/h4-8,11,16,20H,9-10,12H2,1-3H3,(H,27,31). The number of amides is 1. The van der Waals surface area contributed by atoms with Gasteiger partial charge in [0.15, 0.2) is 5.78 Å². The second-order valence-corrected chi connectivity index (χ2v) is 8.23. The Labute approximate surface area is 178 Å². The fraction of sp³-hybridized carbons (Fsp3) is 0.391. The molecule has 164 valence electrons. The fourth-order valence-corrected chi connectivity index (χ4v) is 4.70. The van der Waals surface area contributed by atoms with Crippen LogP contribution in [0.4, 0.5) is 30.2 Å². The largest absolute Gasteiger partial charge is 0.471 e. The summed E-state index contributed by atoms with van der Waals surface area (Å²) in [7, 11) is 1.93. The molecular formula is C23H24F3N3O2. The normalized spacial score (nSPS) is 20.3. The van der Waals surface area contributed by atoms with Gasteiger partial charge in [-0.15, -0.1) is 0 Å². The van der Waals surface area contributed by atoms with Crippen LogP contribution in [0.5, 0.6) is 0 Å². The van der Waals surface area contributed by atoms with Crippen LogP contribution >= 0.6 is 0 Å². The van der Waals surface area contributed by atoms with Gasteiger partial charge in [0.1, 0.15) is 0 Å². The van der Waals surface area contributed by atoms with Gasteiger partial charge >= 0.3 is 12.1 Å². The molecule has 5 nitrogen and oxygen atoms in total. The SMILES string of the molecule is CC(=O)c1ccc2c(c1)N(C)c1cccc(C)c1C1CC(NC(=O)C(F)(F)F)CCN21. The van der Waals surface area contributed by atoms with Gasteiger partial charge in [0.05, 0.1) is 17.4 Å². The summed E-state index contributed by atoms with van der Waals surface area (Å²) in [5, 5.41) is 2.17. The third-order valence-corrected chi connectivity index (χ3v) is 6.24. The first-order chi connectivity index (χ1) is 14.6. The van der Waals surface area contributed by atoms with E-state index in [-0.39, 0.29) is 11.8 Å². The van der Waals surface area contributed by atoms with Crippen molar-refractivity contribution in [2.45, 2.75) is 44.9 Å². The number of ketones is 1. The maximum absolute atomic E-state index is 12.8. The van der Waals surface area contributed by atoms with E-state index in [9.17, 15) is 22.8 Å². The van der Waals surface area contributed by atoms with Gasteiger partial charge in [-0.05, 0) is 56.5 Å². The summed E-state index contributed by atoms with van der Waals surface area (Å²) in [6.45, 7) is 4.00. The lowest BCUT2D eigenvalue weighted by molar-refractivity contribution is -0.174. The second-order valence-electron chi connectivity index (χ2n) is 8.23. The Balaban J connectivity index is 1.79. The van der Waals surface area contributed by atoms with Crippen molar-refractivity contribution in [1.29, 1.82) is 0 Å². The number of nitrogens with zero attached hydrogens (tertiary/aromatic N) is 2. The molecule has 0 aliphatic carbocycles. The van der Waals surface area contributed by atoms with Crippen LogP contribution in [0.25, 0.3) is 0 Å². The number of hydrogen-bond donors (Lipinski definition) is 1. The second kappa shape index (κ2) is 7.59. The third-order valence-electron chi connectivity index (χ3n) is 6.24. The van der Waals surface area contributed by atoms with Crippen molar-refractivity contribution < 1.29 is 22.8 Å². The fourth-order valence-electron chi connectivity index (χ4n) is 4.70. The number of carbonyl (C=O) groups is 2. The van der Waals surface area contributed by atoms with E-state index in [1.54, 1.807) is 6.07 Å². The van der Waals surface area contributed by atoms with Crippen LogP contribution in [0.15, 0.2) is 36.4 Å². The monoisotopic (exact) mass is 431 g/mol. The molecule has 0 radical (unpaired) electrons. The molecule has 8 heteroatoms. The van der Waals surface area contributed by atoms with Crippen LogP contribution in [0.3, 0.4) is 0 Å². The van der Waals surface area contributed by atoms with E-state index in [2.05, 4.69) is 10.2 Å². The predicted octanol–water partition coefficient (Wildman–Crippen LogP) is 4.67. The van der Waals surface area contributed by atoms with Crippen molar-refractivity contribution in [3.63, 3.8) is 0 Å². The summed E-state index contributed by atoms with van der Waals surface area (Å²) in [6, 6.07) is 10.7. The van der Waals surface area contributed by atoms with E-state index in [1.807, 2.05) is 49.2 Å². The minimum Gasteiger partial charge on any atom is -0.363 e. The number of piperidine rings is 1. The molecule has 4 rings (SSSR count). The molecule has 1 amide bonds. The summed E-state index contributed by atoms with van der Waals surface area (Å²) in [5.41, 5.74) is 5.40. The minimum atomic E-state index is -4.90. The maximum atomic E-state index is 12.8. The Morgan fingerprint density at radius 2 is 1.84 bits per heavy atom. The highest BCUT2D eigenvalue weighted by atomic mass is 19.4. The van der Waals surface area contributed by atoms with Gasteiger partial charge in [0.25, 0.3) is 0 Å². The number of anilines is 3. The number of halogens is 3. The molecule has 31 heavy (non-hydrogen) atoms. The number of Topliss-reactive ketones (excluding diaryl/α,β-unsaturated/α-hetero) is 1. The van der Waals surface area contributed by atoms with E-state index in [0.29, 0.717) is 24.9 Å². The maximum Gasteiger partial charge on any atom is 0.471 e. The zero-order chi connectivity index (χ0) is 22.5. The van der Waals surface area contributed by atoms with Gasteiger partial charge in [-0.1, -0.05) is 12.1 Å². The lowest BCUT2D eigenvalue weighted by Gasteiger charge is -2.41. The predicted molar refractivity (Wildman–Crippen MR) is 113 cm³/mol. The molecule has 2 heterocycles. The van der Waals surface area contributed by atoms with Gasteiger partial charge in [-0.25, -0.2) is 0 Å². The van der Waals surface area contributed by atoms with Crippen molar-refractivity contribution in [3.8, 4) is 0 Å². The van der Waals surface area contributed by atoms with Crippen molar-refractivity contribution >= 4 is 28.8 Å². The number of rotatable bonds is 2. The number of alkyl halides is 3. The number of nitrogens with one attached hydrogen (secondary N) is 1. The molecule has 2 aromatic carbocycles. The molecule has 0 bridgehead atoms. The molecular weight excluding hydrogens is 407 g/mol. The van der Waals surface area contributed by atoms with Crippen LogP contribution < -0.4 is 15.1 Å². The molecule has 2 aliphatic heterocycles. The van der Waals surface area contributed by atoms with Crippen molar-refractivity contribution in [2.75, 3.05) is 23.4 Å². The van der Waals surface area contributed by atoms with Gasteiger partial charge in [-0.3, -0.25) is 9.59 Å². The molecule has 1 N–H and O–H groups in total. The van der Waals surface area contributed by atoms with Gasteiger partial charge in [0, 0.05) is 36.4 Å². The average Bonchev–Trinajstić information content (AvgIpc) is 2.81. The Hall–Kier alpha value is -3.03. The van der Waals surface area contributed by atoms with E-state index < -0.39 is 18.1 Å². The highest BCUT2D eigenvalue weighted by molar-refractivity contribution is 5.97. The first kappa shape index (κ1) is 21.2. The Kier molecular flexibility index (Phi) is 5.19.